The third-order valence-electron chi connectivity index (χ3n) is 1.88. The van der Waals surface area contributed by atoms with Crippen LogP contribution < -0.4 is 5.32 Å². The van der Waals surface area contributed by atoms with Crippen molar-refractivity contribution in [3.8, 4) is 6.07 Å². The molecule has 1 N–H and O–H groups in total. The van der Waals surface area contributed by atoms with Gasteiger partial charge in [-0.1, -0.05) is 5.16 Å². The van der Waals surface area contributed by atoms with Gasteiger partial charge in [-0.25, -0.2) is 0 Å². The zero-order valence-corrected chi connectivity index (χ0v) is 8.65. The molecule has 0 unspecified atom stereocenters. The molecule has 0 bridgehead atoms. The van der Waals surface area contributed by atoms with E-state index in [0.29, 0.717) is 18.9 Å². The lowest BCUT2D eigenvalue weighted by Crippen LogP contribution is -2.37. The van der Waals surface area contributed by atoms with E-state index in [2.05, 4.69) is 15.5 Å². The number of amides is 1. The molecular weight excluding hydrogens is 196 g/mol. The van der Waals surface area contributed by atoms with Gasteiger partial charge in [0.1, 0.15) is 5.41 Å². The lowest BCUT2D eigenvalue weighted by Gasteiger charge is -2.13. The van der Waals surface area contributed by atoms with E-state index in [1.165, 1.54) is 6.33 Å². The Morgan fingerprint density at radius 3 is 3.00 bits per heavy atom. The van der Waals surface area contributed by atoms with E-state index in [1.54, 1.807) is 13.8 Å². The Balaban J connectivity index is 2.33. The van der Waals surface area contributed by atoms with E-state index >= 15 is 0 Å². The third kappa shape index (κ3) is 3.06. The molecule has 6 heteroatoms. The molecule has 0 spiro atoms. The Labute approximate surface area is 87.3 Å². The number of carbonyl (C=O) groups excluding carboxylic acids is 1. The molecule has 0 saturated heterocycles. The van der Waals surface area contributed by atoms with Gasteiger partial charge in [-0.3, -0.25) is 4.79 Å². The standard InChI is InChI=1S/C9H12N4O2/c1-9(2,5-10)8(14)11-4-3-7-12-6-13-15-7/h6H,3-4H2,1-2H3,(H,11,14). The molecule has 1 aromatic heterocycles. The number of carbonyl (C=O) groups is 1. The first-order chi connectivity index (χ1) is 7.06. The first-order valence-corrected chi connectivity index (χ1v) is 4.51. The van der Waals surface area contributed by atoms with Crippen LogP contribution in [-0.2, 0) is 11.2 Å². The summed E-state index contributed by atoms with van der Waals surface area (Å²) in [6.45, 7) is 3.51. The zero-order valence-electron chi connectivity index (χ0n) is 8.65. The Kier molecular flexibility index (Phi) is 3.39. The highest BCUT2D eigenvalue weighted by Crippen LogP contribution is 2.12. The van der Waals surface area contributed by atoms with Crippen molar-refractivity contribution >= 4 is 5.91 Å². The Morgan fingerprint density at radius 1 is 1.73 bits per heavy atom. The highest BCUT2D eigenvalue weighted by molar-refractivity contribution is 5.84. The molecule has 0 aliphatic carbocycles. The average Bonchev–Trinajstić information content (AvgIpc) is 2.70. The first-order valence-electron chi connectivity index (χ1n) is 4.51. The maximum absolute atomic E-state index is 11.4. The number of hydrogen-bond donors (Lipinski definition) is 1. The largest absolute Gasteiger partial charge is 0.354 e. The van der Waals surface area contributed by atoms with E-state index in [9.17, 15) is 4.79 Å². The van der Waals surface area contributed by atoms with Gasteiger partial charge < -0.3 is 9.84 Å². The quantitative estimate of drug-likeness (QED) is 0.767. The van der Waals surface area contributed by atoms with Crippen molar-refractivity contribution in [1.82, 2.24) is 15.5 Å². The molecule has 0 atom stereocenters. The molecule has 1 amide bonds. The topological polar surface area (TPSA) is 91.8 Å². The molecule has 1 heterocycles. The summed E-state index contributed by atoms with van der Waals surface area (Å²) in [5.41, 5.74) is -1.01. The van der Waals surface area contributed by atoms with E-state index in [1.807, 2.05) is 6.07 Å². The smallest absolute Gasteiger partial charge is 0.239 e. The van der Waals surface area contributed by atoms with Gasteiger partial charge in [0.2, 0.25) is 11.8 Å². The summed E-state index contributed by atoms with van der Waals surface area (Å²) in [5, 5.41) is 14.8. The van der Waals surface area contributed by atoms with Crippen LogP contribution in [0.25, 0.3) is 0 Å². The van der Waals surface area contributed by atoms with Crippen LogP contribution >= 0.6 is 0 Å². The highest BCUT2D eigenvalue weighted by atomic mass is 16.5. The van der Waals surface area contributed by atoms with E-state index in [0.717, 1.165) is 0 Å². The molecule has 0 aliphatic rings. The van der Waals surface area contributed by atoms with Crippen LogP contribution in [0.5, 0.6) is 0 Å². The van der Waals surface area contributed by atoms with Gasteiger partial charge in [-0.15, -0.1) is 0 Å². The Bertz CT molecular complexity index is 364. The van der Waals surface area contributed by atoms with Crippen molar-refractivity contribution in [1.29, 1.82) is 5.26 Å². The summed E-state index contributed by atoms with van der Waals surface area (Å²) in [6.07, 6.45) is 1.77. The second-order valence-electron chi connectivity index (χ2n) is 3.58. The van der Waals surface area contributed by atoms with E-state index in [-0.39, 0.29) is 5.91 Å². The normalized spacial score (nSPS) is 10.7. The predicted molar refractivity (Wildman–Crippen MR) is 50.4 cm³/mol. The fourth-order valence-electron chi connectivity index (χ4n) is 0.861. The monoisotopic (exact) mass is 208 g/mol. The average molecular weight is 208 g/mol. The molecule has 0 saturated carbocycles. The van der Waals surface area contributed by atoms with Gasteiger partial charge in [0.15, 0.2) is 6.33 Å². The van der Waals surface area contributed by atoms with Crippen LogP contribution in [-0.4, -0.2) is 22.6 Å². The van der Waals surface area contributed by atoms with Crippen LogP contribution in [0.2, 0.25) is 0 Å². The van der Waals surface area contributed by atoms with Crippen molar-refractivity contribution in [2.75, 3.05) is 6.54 Å². The summed E-state index contributed by atoms with van der Waals surface area (Å²) >= 11 is 0. The minimum atomic E-state index is -1.01. The lowest BCUT2D eigenvalue weighted by molar-refractivity contribution is -0.126. The van der Waals surface area contributed by atoms with Crippen LogP contribution in [0, 0.1) is 16.7 Å². The van der Waals surface area contributed by atoms with Crippen LogP contribution in [0.4, 0.5) is 0 Å². The summed E-state index contributed by atoms with van der Waals surface area (Å²) in [4.78, 5) is 15.2. The van der Waals surface area contributed by atoms with E-state index < -0.39 is 5.41 Å². The maximum atomic E-state index is 11.4. The molecule has 6 nitrogen and oxygen atoms in total. The number of nitrogens with zero attached hydrogens (tertiary/aromatic N) is 3. The van der Waals surface area contributed by atoms with Gasteiger partial charge in [0, 0.05) is 13.0 Å². The van der Waals surface area contributed by atoms with E-state index in [4.69, 9.17) is 9.78 Å². The van der Waals surface area contributed by atoms with Crippen molar-refractivity contribution in [2.24, 2.45) is 5.41 Å². The minimum absolute atomic E-state index is 0.301. The van der Waals surface area contributed by atoms with Crippen LogP contribution in [0.15, 0.2) is 10.9 Å². The fourth-order valence-corrected chi connectivity index (χ4v) is 0.861. The van der Waals surface area contributed by atoms with Crippen LogP contribution in [0.1, 0.15) is 19.7 Å². The van der Waals surface area contributed by atoms with Crippen LogP contribution in [0.3, 0.4) is 0 Å². The summed E-state index contributed by atoms with van der Waals surface area (Å²) in [7, 11) is 0. The van der Waals surface area contributed by atoms with Gasteiger partial charge in [-0.05, 0) is 13.8 Å². The number of aromatic nitrogens is 2. The Morgan fingerprint density at radius 2 is 2.47 bits per heavy atom. The number of nitriles is 1. The molecule has 0 fully saturated rings. The van der Waals surface area contributed by atoms with Gasteiger partial charge in [0.05, 0.1) is 6.07 Å². The van der Waals surface area contributed by atoms with Crippen molar-refractivity contribution in [3.05, 3.63) is 12.2 Å². The maximum Gasteiger partial charge on any atom is 0.239 e. The highest BCUT2D eigenvalue weighted by Gasteiger charge is 2.26. The molecular formula is C9H12N4O2. The summed E-state index contributed by atoms with van der Waals surface area (Å²) in [5.74, 6) is 0.162. The second kappa shape index (κ2) is 4.55. The number of hydrogen-bond acceptors (Lipinski definition) is 5. The molecule has 1 aromatic rings. The van der Waals surface area contributed by atoms with Gasteiger partial charge >= 0.3 is 0 Å². The fraction of sp³-hybridized carbons (Fsp3) is 0.556. The predicted octanol–water partition coefficient (Wildman–Crippen LogP) is 0.278. The number of nitrogens with one attached hydrogen (secondary N) is 1. The van der Waals surface area contributed by atoms with Gasteiger partial charge in [-0.2, -0.15) is 10.2 Å². The first kappa shape index (κ1) is 11.2. The summed E-state index contributed by atoms with van der Waals surface area (Å²) in [6, 6.07) is 1.92. The lowest BCUT2D eigenvalue weighted by atomic mass is 9.95. The van der Waals surface area contributed by atoms with Crippen molar-refractivity contribution < 1.29 is 9.32 Å². The zero-order chi connectivity index (χ0) is 11.3. The second-order valence-corrected chi connectivity index (χ2v) is 3.58. The minimum Gasteiger partial charge on any atom is -0.354 e. The molecule has 1 rings (SSSR count). The third-order valence-corrected chi connectivity index (χ3v) is 1.88. The van der Waals surface area contributed by atoms with Crippen molar-refractivity contribution in [3.63, 3.8) is 0 Å². The number of rotatable bonds is 4. The molecule has 0 aliphatic heterocycles. The molecule has 15 heavy (non-hydrogen) atoms. The molecule has 0 aromatic carbocycles. The summed E-state index contributed by atoms with van der Waals surface area (Å²) < 4.78 is 4.75. The molecule has 80 valence electrons. The van der Waals surface area contributed by atoms with Gasteiger partial charge in [0.25, 0.3) is 0 Å². The van der Waals surface area contributed by atoms with Crippen molar-refractivity contribution in [2.45, 2.75) is 20.3 Å². The Hall–Kier alpha value is -1.90. The SMILES string of the molecule is CC(C)(C#N)C(=O)NCCc1ncno1. The molecule has 0 radical (unpaired) electrons.